The molecule has 0 bridgehead atoms. The molecule has 2 aromatic heterocycles. The van der Waals surface area contributed by atoms with Gasteiger partial charge in [-0.2, -0.15) is 5.26 Å². The van der Waals surface area contributed by atoms with Crippen LogP contribution in [0.3, 0.4) is 0 Å². The molecule has 0 aliphatic carbocycles. The Balaban J connectivity index is 1.06. The molecule has 8 heteroatoms. The Kier molecular flexibility index (Phi) is 6.87. The number of fused-ring (bicyclic) bond motifs is 1. The molecule has 7 nitrogen and oxygen atoms in total. The molecule has 5 rings (SSSR count). The SMILES string of the molecule is N#Cc1ccc2[nH]cc(CCCN3CCN(c4ncc(OCc5ccc(F)cc5)cn4)CC3)c2c1. The molecule has 35 heavy (non-hydrogen) atoms. The first-order chi connectivity index (χ1) is 17.2. The van der Waals surface area contributed by atoms with E-state index < -0.39 is 0 Å². The van der Waals surface area contributed by atoms with E-state index in [0.29, 0.717) is 23.9 Å². The Morgan fingerprint density at radius 3 is 2.54 bits per heavy atom. The van der Waals surface area contributed by atoms with E-state index in [0.717, 1.165) is 62.0 Å². The van der Waals surface area contributed by atoms with Gasteiger partial charge < -0.3 is 14.6 Å². The van der Waals surface area contributed by atoms with Gasteiger partial charge in [0.2, 0.25) is 5.95 Å². The van der Waals surface area contributed by atoms with Gasteiger partial charge in [0.25, 0.3) is 0 Å². The summed E-state index contributed by atoms with van der Waals surface area (Å²) in [6.07, 6.45) is 7.50. The smallest absolute Gasteiger partial charge is 0.225 e. The molecule has 1 aliphatic rings. The van der Waals surface area contributed by atoms with Crippen LogP contribution in [-0.2, 0) is 13.0 Å². The zero-order chi connectivity index (χ0) is 24.0. The van der Waals surface area contributed by atoms with Crippen molar-refractivity contribution in [1.82, 2.24) is 19.9 Å². The lowest BCUT2D eigenvalue weighted by Crippen LogP contribution is -2.47. The molecule has 178 valence electrons. The number of ether oxygens (including phenoxy) is 1. The summed E-state index contributed by atoms with van der Waals surface area (Å²) in [5, 5.41) is 10.3. The van der Waals surface area contributed by atoms with Crippen molar-refractivity contribution in [3.05, 3.63) is 83.6 Å². The summed E-state index contributed by atoms with van der Waals surface area (Å²) in [6, 6.07) is 14.3. The number of H-pyrrole nitrogens is 1. The Labute approximate surface area is 203 Å². The van der Waals surface area contributed by atoms with Crippen LogP contribution in [-0.4, -0.2) is 52.6 Å². The van der Waals surface area contributed by atoms with Crippen LogP contribution >= 0.6 is 0 Å². The van der Waals surface area contributed by atoms with Gasteiger partial charge >= 0.3 is 0 Å². The van der Waals surface area contributed by atoms with Crippen molar-refractivity contribution in [3.63, 3.8) is 0 Å². The minimum Gasteiger partial charge on any atom is -0.486 e. The molecule has 1 fully saturated rings. The number of aryl methyl sites for hydroxylation is 1. The average Bonchev–Trinajstić information content (AvgIpc) is 3.31. The maximum atomic E-state index is 13.0. The normalized spacial score (nSPS) is 14.2. The van der Waals surface area contributed by atoms with Crippen molar-refractivity contribution >= 4 is 16.9 Å². The van der Waals surface area contributed by atoms with E-state index in [-0.39, 0.29) is 5.82 Å². The van der Waals surface area contributed by atoms with E-state index in [2.05, 4.69) is 37.0 Å². The molecule has 4 aromatic rings. The minimum atomic E-state index is -0.258. The third kappa shape index (κ3) is 5.58. The first-order valence-corrected chi connectivity index (χ1v) is 11.8. The molecular weight excluding hydrogens is 443 g/mol. The summed E-state index contributed by atoms with van der Waals surface area (Å²) in [5.74, 6) is 1.05. The Morgan fingerprint density at radius 2 is 1.80 bits per heavy atom. The monoisotopic (exact) mass is 470 g/mol. The van der Waals surface area contributed by atoms with Gasteiger partial charge in [0.05, 0.1) is 24.0 Å². The largest absolute Gasteiger partial charge is 0.486 e. The lowest BCUT2D eigenvalue weighted by atomic mass is 10.1. The van der Waals surface area contributed by atoms with Gasteiger partial charge in [-0.15, -0.1) is 0 Å². The number of nitriles is 1. The minimum absolute atomic E-state index is 0.258. The second-order valence-electron chi connectivity index (χ2n) is 8.75. The summed E-state index contributed by atoms with van der Waals surface area (Å²) in [6.45, 7) is 5.09. The maximum absolute atomic E-state index is 13.0. The van der Waals surface area contributed by atoms with Gasteiger partial charge in [0.1, 0.15) is 12.4 Å². The number of aromatic amines is 1. The van der Waals surface area contributed by atoms with Gasteiger partial charge in [0.15, 0.2) is 5.75 Å². The fourth-order valence-corrected chi connectivity index (χ4v) is 4.41. The second kappa shape index (κ2) is 10.5. The average molecular weight is 471 g/mol. The first-order valence-electron chi connectivity index (χ1n) is 11.8. The van der Waals surface area contributed by atoms with Crippen LogP contribution in [0.5, 0.6) is 5.75 Å². The highest BCUT2D eigenvalue weighted by molar-refractivity contribution is 5.84. The van der Waals surface area contributed by atoms with Crippen LogP contribution in [0.4, 0.5) is 10.3 Å². The number of nitrogens with one attached hydrogen (secondary N) is 1. The lowest BCUT2D eigenvalue weighted by Gasteiger charge is -2.34. The van der Waals surface area contributed by atoms with Crippen molar-refractivity contribution in [2.75, 3.05) is 37.6 Å². The Hall–Kier alpha value is -3.96. The molecule has 1 saturated heterocycles. The van der Waals surface area contributed by atoms with Crippen molar-refractivity contribution in [3.8, 4) is 11.8 Å². The molecule has 1 aliphatic heterocycles. The third-order valence-corrected chi connectivity index (χ3v) is 6.41. The van der Waals surface area contributed by atoms with Gasteiger partial charge in [0, 0.05) is 43.3 Å². The fourth-order valence-electron chi connectivity index (χ4n) is 4.41. The van der Waals surface area contributed by atoms with Gasteiger partial charge in [-0.1, -0.05) is 12.1 Å². The molecule has 0 atom stereocenters. The quantitative estimate of drug-likeness (QED) is 0.414. The molecule has 2 aromatic carbocycles. The van der Waals surface area contributed by atoms with E-state index >= 15 is 0 Å². The van der Waals surface area contributed by atoms with Gasteiger partial charge in [-0.25, -0.2) is 14.4 Å². The number of piperazine rings is 1. The fraction of sp³-hybridized carbons (Fsp3) is 0.296. The van der Waals surface area contributed by atoms with Crippen LogP contribution in [0.2, 0.25) is 0 Å². The predicted molar refractivity (Wildman–Crippen MR) is 133 cm³/mol. The summed E-state index contributed by atoms with van der Waals surface area (Å²) in [4.78, 5) is 16.9. The zero-order valence-electron chi connectivity index (χ0n) is 19.5. The number of nitrogens with zero attached hydrogens (tertiary/aromatic N) is 5. The molecule has 0 radical (unpaired) electrons. The zero-order valence-corrected chi connectivity index (χ0v) is 19.5. The molecule has 0 unspecified atom stereocenters. The van der Waals surface area contributed by atoms with Crippen molar-refractivity contribution in [1.29, 1.82) is 5.26 Å². The van der Waals surface area contributed by atoms with E-state index in [9.17, 15) is 4.39 Å². The Bertz CT molecular complexity index is 1300. The second-order valence-corrected chi connectivity index (χ2v) is 8.75. The number of anilines is 1. The lowest BCUT2D eigenvalue weighted by molar-refractivity contribution is 0.254. The molecule has 0 spiro atoms. The van der Waals surface area contributed by atoms with Crippen LogP contribution in [0.1, 0.15) is 23.1 Å². The molecule has 0 amide bonds. The predicted octanol–water partition coefficient (Wildman–Crippen LogP) is 4.30. The summed E-state index contributed by atoms with van der Waals surface area (Å²) < 4.78 is 18.7. The Morgan fingerprint density at radius 1 is 1.03 bits per heavy atom. The van der Waals surface area contributed by atoms with Crippen LogP contribution in [0.15, 0.2) is 61.1 Å². The third-order valence-electron chi connectivity index (χ3n) is 6.41. The van der Waals surface area contributed by atoms with Crippen LogP contribution in [0, 0.1) is 17.1 Å². The van der Waals surface area contributed by atoms with Crippen LogP contribution < -0.4 is 9.64 Å². The molecular formula is C27H27FN6O. The molecule has 1 N–H and O–H groups in total. The van der Waals surface area contributed by atoms with Gasteiger partial charge in [-0.05, 0) is 60.8 Å². The number of hydrogen-bond acceptors (Lipinski definition) is 6. The molecule has 3 heterocycles. The number of hydrogen-bond donors (Lipinski definition) is 1. The van der Waals surface area contributed by atoms with Crippen molar-refractivity contribution < 1.29 is 9.13 Å². The van der Waals surface area contributed by atoms with E-state index in [1.54, 1.807) is 24.5 Å². The highest BCUT2D eigenvalue weighted by atomic mass is 19.1. The van der Waals surface area contributed by atoms with E-state index in [1.165, 1.54) is 17.7 Å². The maximum Gasteiger partial charge on any atom is 0.225 e. The summed E-state index contributed by atoms with van der Waals surface area (Å²) in [7, 11) is 0. The van der Waals surface area contributed by atoms with Crippen LogP contribution in [0.25, 0.3) is 10.9 Å². The van der Waals surface area contributed by atoms with Crippen molar-refractivity contribution in [2.24, 2.45) is 0 Å². The van der Waals surface area contributed by atoms with E-state index in [4.69, 9.17) is 10.00 Å². The standard InChI is InChI=1S/C27H27FN6O/c28-23-6-3-20(4-7-23)19-35-24-17-31-27(32-18-24)34-12-10-33(11-13-34)9-1-2-22-16-30-26-8-5-21(15-29)14-25(22)26/h3-8,14,16-18,30H,1-2,9-13,19H2. The van der Waals surface area contributed by atoms with Gasteiger partial charge in [-0.3, -0.25) is 4.90 Å². The molecule has 0 saturated carbocycles. The van der Waals surface area contributed by atoms with Crippen molar-refractivity contribution in [2.45, 2.75) is 19.4 Å². The topological polar surface area (TPSA) is 81.1 Å². The van der Waals surface area contributed by atoms with E-state index in [1.807, 2.05) is 18.2 Å². The first kappa shape index (κ1) is 22.8. The number of benzene rings is 2. The number of halogens is 1. The highest BCUT2D eigenvalue weighted by Gasteiger charge is 2.19. The number of aromatic nitrogens is 3. The summed E-state index contributed by atoms with van der Waals surface area (Å²) in [5.41, 5.74) is 3.94. The summed E-state index contributed by atoms with van der Waals surface area (Å²) >= 11 is 0. The highest BCUT2D eigenvalue weighted by Crippen LogP contribution is 2.21. The number of rotatable bonds is 8.